The highest BCUT2D eigenvalue weighted by molar-refractivity contribution is 6.37. The highest BCUT2D eigenvalue weighted by atomic mass is 28.2. The van der Waals surface area contributed by atoms with Crippen molar-refractivity contribution in [3.63, 3.8) is 0 Å². The molecule has 0 fully saturated rings. The van der Waals surface area contributed by atoms with Crippen molar-refractivity contribution in [2.75, 3.05) is 42.7 Å². The summed E-state index contributed by atoms with van der Waals surface area (Å²) in [5.74, 6) is -0.0997. The number of hydrogen-bond donors (Lipinski definition) is 0. The quantitative estimate of drug-likeness (QED) is 0.109. The highest BCUT2D eigenvalue weighted by Crippen LogP contribution is 2.36. The Labute approximate surface area is 205 Å². The Hall–Kier alpha value is 0.411. The molecular formula is C23H48O6Si3. The molecule has 0 saturated heterocycles. The molecule has 0 unspecified atom stereocenters. The molecule has 0 N–H and O–H groups in total. The Morgan fingerprint density at radius 3 is 0.938 bits per heavy atom. The molecule has 0 rings (SSSR count). The Bertz CT molecular complexity index is 339. The molecule has 9 heteroatoms. The first-order valence-corrected chi connectivity index (χ1v) is 15.7. The van der Waals surface area contributed by atoms with Crippen LogP contribution in [0.1, 0.15) is 64.7 Å². The van der Waals surface area contributed by atoms with Crippen molar-refractivity contribution in [3.05, 3.63) is 0 Å². The zero-order chi connectivity index (χ0) is 24.1. The van der Waals surface area contributed by atoms with E-state index in [1.54, 1.807) is 42.7 Å². The molecule has 6 radical (unpaired) electrons. The Balaban J connectivity index is 4.36. The summed E-state index contributed by atoms with van der Waals surface area (Å²) in [4.78, 5) is 0. The standard InChI is InChI=1S/C23H48O6Si3/c1-23(14-8-11-17-30-20(24-2)25-3,15-9-12-18-31-21(26-4)27-5)16-10-13-19-32-22(28-6)29-7/h20-22H,8-19H2,1-7H3. The van der Waals surface area contributed by atoms with Crippen LogP contribution in [0.4, 0.5) is 0 Å². The van der Waals surface area contributed by atoms with Crippen molar-refractivity contribution in [3.8, 4) is 0 Å². The lowest BCUT2D eigenvalue weighted by Gasteiger charge is -2.30. The third kappa shape index (κ3) is 16.9. The van der Waals surface area contributed by atoms with E-state index in [0.29, 0.717) is 5.41 Å². The SMILES string of the molecule is COC(OC)[Si]CCCCC(C)(CCCC[Si]C(OC)OC)CCCC[Si]C(OC)OC. The van der Waals surface area contributed by atoms with Crippen LogP contribution in [0.25, 0.3) is 0 Å². The molecule has 0 atom stereocenters. The molecular weight excluding hydrogens is 457 g/mol. The lowest BCUT2D eigenvalue weighted by molar-refractivity contribution is -0.0442. The fourth-order valence-corrected chi connectivity index (χ4v) is 6.92. The third-order valence-corrected chi connectivity index (χ3v) is 10.2. The van der Waals surface area contributed by atoms with Gasteiger partial charge < -0.3 is 28.4 Å². The van der Waals surface area contributed by atoms with Crippen LogP contribution in [0.2, 0.25) is 18.1 Å². The molecule has 0 spiro atoms. The zero-order valence-electron chi connectivity index (χ0n) is 21.7. The lowest BCUT2D eigenvalue weighted by Crippen LogP contribution is -2.22. The summed E-state index contributed by atoms with van der Waals surface area (Å²) >= 11 is 0. The van der Waals surface area contributed by atoms with Gasteiger partial charge in [-0.25, -0.2) is 0 Å². The van der Waals surface area contributed by atoms with Crippen molar-refractivity contribution < 1.29 is 28.4 Å². The van der Waals surface area contributed by atoms with Gasteiger partial charge in [-0.05, 0) is 24.7 Å². The first kappa shape index (κ1) is 32.4. The number of methoxy groups -OCH3 is 6. The molecule has 0 aliphatic heterocycles. The average Bonchev–Trinajstić information content (AvgIpc) is 2.81. The van der Waals surface area contributed by atoms with Crippen LogP contribution < -0.4 is 0 Å². The van der Waals surface area contributed by atoms with Gasteiger partial charge in [0.1, 0.15) is 46.3 Å². The third-order valence-electron chi connectivity index (χ3n) is 5.84. The number of ether oxygens (including phenoxy) is 6. The molecule has 0 aliphatic rings. The normalized spacial score (nSPS) is 12.6. The van der Waals surface area contributed by atoms with E-state index in [1.165, 1.54) is 75.9 Å². The van der Waals surface area contributed by atoms with Gasteiger partial charge in [-0.2, -0.15) is 0 Å². The fraction of sp³-hybridized carbons (Fsp3) is 1.00. The molecule has 0 heterocycles. The first-order chi connectivity index (χ1) is 15.5. The summed E-state index contributed by atoms with van der Waals surface area (Å²) in [6.07, 6.45) is 11.6. The smallest absolute Gasteiger partial charge is 0.136 e. The van der Waals surface area contributed by atoms with Crippen molar-refractivity contribution in [2.24, 2.45) is 5.41 Å². The van der Waals surface area contributed by atoms with E-state index < -0.39 is 0 Å². The Morgan fingerprint density at radius 1 is 0.469 bits per heavy atom. The van der Waals surface area contributed by atoms with E-state index >= 15 is 0 Å². The molecule has 0 bridgehead atoms. The van der Waals surface area contributed by atoms with Crippen LogP contribution in [0.15, 0.2) is 0 Å². The van der Waals surface area contributed by atoms with Crippen LogP contribution in [0.3, 0.4) is 0 Å². The maximum Gasteiger partial charge on any atom is 0.136 e. The maximum absolute atomic E-state index is 5.32. The minimum absolute atomic E-state index is 0.0332. The Kier molecular flexibility index (Phi) is 22.2. The molecule has 0 aromatic heterocycles. The van der Waals surface area contributed by atoms with Crippen LogP contribution >= 0.6 is 0 Å². The van der Waals surface area contributed by atoms with Gasteiger partial charge in [-0.1, -0.05) is 63.6 Å². The second kappa shape index (κ2) is 21.9. The maximum atomic E-state index is 5.32. The minimum Gasteiger partial charge on any atom is -0.360 e. The van der Waals surface area contributed by atoms with E-state index in [9.17, 15) is 0 Å². The molecule has 0 aliphatic carbocycles. The molecule has 188 valence electrons. The summed E-state index contributed by atoms with van der Waals surface area (Å²) in [5, 5.41) is 0. The molecule has 6 nitrogen and oxygen atoms in total. The predicted molar refractivity (Wildman–Crippen MR) is 135 cm³/mol. The summed E-state index contributed by atoms with van der Waals surface area (Å²) in [5.41, 5.74) is 0.432. The number of rotatable bonds is 24. The molecule has 0 aromatic rings. The van der Waals surface area contributed by atoms with Crippen LogP contribution in [0, 0.1) is 5.41 Å². The van der Waals surface area contributed by atoms with Gasteiger partial charge in [0, 0.05) is 42.7 Å². The van der Waals surface area contributed by atoms with Crippen LogP contribution in [0.5, 0.6) is 0 Å². The largest absolute Gasteiger partial charge is 0.360 e. The summed E-state index contributed by atoms with van der Waals surface area (Å²) in [6.45, 7) is 2.51. The first-order valence-electron chi connectivity index (χ1n) is 11.9. The molecule has 32 heavy (non-hydrogen) atoms. The minimum atomic E-state index is -0.0332. The second-order valence-corrected chi connectivity index (χ2v) is 12.6. The lowest BCUT2D eigenvalue weighted by atomic mass is 9.76. The van der Waals surface area contributed by atoms with E-state index in [4.69, 9.17) is 28.4 Å². The van der Waals surface area contributed by atoms with Gasteiger partial charge in [0.2, 0.25) is 0 Å². The van der Waals surface area contributed by atoms with Gasteiger partial charge in [0.05, 0.1) is 0 Å². The molecule has 0 saturated carbocycles. The fourth-order valence-electron chi connectivity index (χ4n) is 3.85. The topological polar surface area (TPSA) is 55.4 Å². The van der Waals surface area contributed by atoms with Crippen molar-refractivity contribution in [2.45, 2.75) is 101 Å². The van der Waals surface area contributed by atoms with Crippen molar-refractivity contribution in [1.29, 1.82) is 0 Å². The predicted octanol–water partition coefficient (Wildman–Crippen LogP) is 4.60. The van der Waals surface area contributed by atoms with Gasteiger partial charge in [0.25, 0.3) is 0 Å². The van der Waals surface area contributed by atoms with Gasteiger partial charge in [-0.3, -0.25) is 0 Å². The monoisotopic (exact) mass is 504 g/mol. The van der Waals surface area contributed by atoms with Crippen molar-refractivity contribution >= 4 is 28.6 Å². The highest BCUT2D eigenvalue weighted by Gasteiger charge is 2.23. The van der Waals surface area contributed by atoms with E-state index in [2.05, 4.69) is 6.92 Å². The van der Waals surface area contributed by atoms with Crippen LogP contribution in [-0.4, -0.2) is 89.0 Å². The van der Waals surface area contributed by atoms with Gasteiger partial charge in [-0.15, -0.1) is 0 Å². The molecule has 0 amide bonds. The summed E-state index contributed by atoms with van der Waals surface area (Å²) < 4.78 is 31.9. The van der Waals surface area contributed by atoms with Gasteiger partial charge in [0.15, 0.2) is 0 Å². The van der Waals surface area contributed by atoms with Gasteiger partial charge >= 0.3 is 0 Å². The van der Waals surface area contributed by atoms with E-state index in [-0.39, 0.29) is 17.7 Å². The average molecular weight is 505 g/mol. The summed E-state index contributed by atoms with van der Waals surface area (Å²) in [7, 11) is 12.5. The van der Waals surface area contributed by atoms with E-state index in [1.807, 2.05) is 0 Å². The zero-order valence-corrected chi connectivity index (χ0v) is 24.7. The second-order valence-electron chi connectivity index (χ2n) is 8.45. The van der Waals surface area contributed by atoms with Crippen molar-refractivity contribution in [1.82, 2.24) is 0 Å². The Morgan fingerprint density at radius 2 is 0.719 bits per heavy atom. The molecule has 0 aromatic carbocycles. The van der Waals surface area contributed by atoms with Crippen LogP contribution in [-0.2, 0) is 28.4 Å². The number of unbranched alkanes of at least 4 members (excludes halogenated alkanes) is 3. The number of hydrogen-bond acceptors (Lipinski definition) is 6. The summed E-state index contributed by atoms with van der Waals surface area (Å²) in [6, 6.07) is 3.57. The van der Waals surface area contributed by atoms with E-state index in [0.717, 1.165) is 28.6 Å².